The molecule has 0 spiro atoms. The molecule has 0 saturated carbocycles. The largest absolute Gasteiger partial charge is 0.385 e. The van der Waals surface area contributed by atoms with Gasteiger partial charge < -0.3 is 14.2 Å². The van der Waals surface area contributed by atoms with E-state index >= 15 is 0 Å². The van der Waals surface area contributed by atoms with Crippen LogP contribution in [0.5, 0.6) is 0 Å². The van der Waals surface area contributed by atoms with Gasteiger partial charge in [-0.2, -0.15) is 0 Å². The van der Waals surface area contributed by atoms with Crippen LogP contribution in [0.2, 0.25) is 0 Å². The maximum absolute atomic E-state index is 9.95. The van der Waals surface area contributed by atoms with E-state index < -0.39 is 6.10 Å². The van der Waals surface area contributed by atoms with E-state index in [0.717, 1.165) is 28.1 Å². The van der Waals surface area contributed by atoms with Gasteiger partial charge in [0.05, 0.1) is 23.3 Å². The van der Waals surface area contributed by atoms with Crippen molar-refractivity contribution in [3.8, 4) is 0 Å². The van der Waals surface area contributed by atoms with Crippen molar-refractivity contribution in [3.63, 3.8) is 0 Å². The lowest BCUT2D eigenvalue weighted by Gasteiger charge is -2.10. The first-order valence-corrected chi connectivity index (χ1v) is 6.63. The van der Waals surface area contributed by atoms with Gasteiger partial charge in [0.25, 0.3) is 0 Å². The SMILES string of the molecule is Cc1noc(C)c1Cn1c(C(C)O)nc2ccccc21. The minimum absolute atomic E-state index is 0.599. The number of aryl methyl sites for hydroxylation is 2. The number of nitrogens with zero attached hydrogens (tertiary/aromatic N) is 3. The maximum atomic E-state index is 9.95. The van der Waals surface area contributed by atoms with Crippen LogP contribution in [0.4, 0.5) is 0 Å². The number of aliphatic hydroxyl groups excluding tert-OH is 1. The molecule has 1 unspecified atom stereocenters. The highest BCUT2D eigenvalue weighted by Gasteiger charge is 2.17. The summed E-state index contributed by atoms with van der Waals surface area (Å²) in [5.74, 6) is 1.46. The number of aliphatic hydroxyl groups is 1. The van der Waals surface area contributed by atoms with E-state index in [1.165, 1.54) is 0 Å². The summed E-state index contributed by atoms with van der Waals surface area (Å²) in [5.41, 5.74) is 3.80. The highest BCUT2D eigenvalue weighted by Crippen LogP contribution is 2.24. The van der Waals surface area contributed by atoms with E-state index in [-0.39, 0.29) is 0 Å². The zero-order valence-corrected chi connectivity index (χ0v) is 11.8. The van der Waals surface area contributed by atoms with Crippen molar-refractivity contribution in [1.82, 2.24) is 14.7 Å². The number of para-hydroxylation sites is 2. The molecule has 0 fully saturated rings. The maximum Gasteiger partial charge on any atom is 0.138 e. The molecule has 1 atom stereocenters. The quantitative estimate of drug-likeness (QED) is 0.795. The Balaban J connectivity index is 2.17. The summed E-state index contributed by atoms with van der Waals surface area (Å²) in [4.78, 5) is 4.51. The molecule has 0 radical (unpaired) electrons. The minimum Gasteiger partial charge on any atom is -0.385 e. The van der Waals surface area contributed by atoms with Crippen molar-refractivity contribution >= 4 is 11.0 Å². The van der Waals surface area contributed by atoms with Gasteiger partial charge >= 0.3 is 0 Å². The molecule has 0 bridgehead atoms. The molecule has 3 aromatic rings. The summed E-state index contributed by atoms with van der Waals surface area (Å²) in [5, 5.41) is 13.9. The van der Waals surface area contributed by atoms with Gasteiger partial charge in [-0.25, -0.2) is 4.98 Å². The molecule has 0 aliphatic rings. The summed E-state index contributed by atoms with van der Waals surface area (Å²) < 4.78 is 7.23. The summed E-state index contributed by atoms with van der Waals surface area (Å²) >= 11 is 0. The molecule has 5 nitrogen and oxygen atoms in total. The molecule has 2 heterocycles. The van der Waals surface area contributed by atoms with Gasteiger partial charge in [0.15, 0.2) is 0 Å². The van der Waals surface area contributed by atoms with Gasteiger partial charge in [-0.05, 0) is 32.9 Å². The Morgan fingerprint density at radius 2 is 2.05 bits per heavy atom. The predicted molar refractivity (Wildman–Crippen MR) is 75.4 cm³/mol. The van der Waals surface area contributed by atoms with Crippen molar-refractivity contribution < 1.29 is 9.63 Å². The summed E-state index contributed by atoms with van der Waals surface area (Å²) in [7, 11) is 0. The van der Waals surface area contributed by atoms with Crippen molar-refractivity contribution in [2.45, 2.75) is 33.4 Å². The van der Waals surface area contributed by atoms with Crippen LogP contribution in [-0.4, -0.2) is 19.8 Å². The summed E-state index contributed by atoms with van der Waals surface area (Å²) in [6.07, 6.45) is -0.622. The fourth-order valence-electron chi connectivity index (χ4n) is 2.46. The standard InChI is InChI=1S/C15H17N3O2/c1-9-12(11(3)20-17-9)8-18-14-7-5-4-6-13(14)16-15(18)10(2)19/h4-7,10,19H,8H2,1-3H3. The second-order valence-corrected chi connectivity index (χ2v) is 5.02. The van der Waals surface area contributed by atoms with Gasteiger partial charge in [0.2, 0.25) is 0 Å². The third-order valence-corrected chi connectivity index (χ3v) is 3.56. The van der Waals surface area contributed by atoms with Crippen LogP contribution in [0.15, 0.2) is 28.8 Å². The number of hydrogen-bond donors (Lipinski definition) is 1. The molecule has 0 amide bonds. The zero-order valence-electron chi connectivity index (χ0n) is 11.8. The molecule has 1 N–H and O–H groups in total. The predicted octanol–water partition coefficient (Wildman–Crippen LogP) is 2.74. The third kappa shape index (κ3) is 2.00. The average molecular weight is 271 g/mol. The van der Waals surface area contributed by atoms with Crippen LogP contribution in [0.25, 0.3) is 11.0 Å². The topological polar surface area (TPSA) is 64.1 Å². The number of benzene rings is 1. The molecule has 2 aromatic heterocycles. The van der Waals surface area contributed by atoms with Crippen LogP contribution in [0.1, 0.15) is 35.9 Å². The van der Waals surface area contributed by atoms with Crippen molar-refractivity contribution in [1.29, 1.82) is 0 Å². The smallest absolute Gasteiger partial charge is 0.138 e. The molecule has 0 aliphatic carbocycles. The molecule has 3 rings (SSSR count). The first-order chi connectivity index (χ1) is 9.58. The summed E-state index contributed by atoms with van der Waals surface area (Å²) in [6, 6.07) is 7.87. The molecular weight excluding hydrogens is 254 g/mol. The van der Waals surface area contributed by atoms with Gasteiger partial charge in [-0.3, -0.25) is 0 Å². The van der Waals surface area contributed by atoms with Gasteiger partial charge in [0.1, 0.15) is 17.7 Å². The second kappa shape index (κ2) is 4.76. The Labute approximate surface area is 116 Å². The van der Waals surface area contributed by atoms with E-state index in [2.05, 4.69) is 10.1 Å². The lowest BCUT2D eigenvalue weighted by Crippen LogP contribution is -2.09. The molecule has 0 aliphatic heterocycles. The Bertz CT molecular complexity index is 736. The van der Waals surface area contributed by atoms with E-state index in [1.54, 1.807) is 6.92 Å². The van der Waals surface area contributed by atoms with Crippen LogP contribution in [-0.2, 0) is 6.54 Å². The van der Waals surface area contributed by atoms with Crippen LogP contribution < -0.4 is 0 Å². The lowest BCUT2D eigenvalue weighted by atomic mass is 10.2. The number of imidazole rings is 1. The highest BCUT2D eigenvalue weighted by molar-refractivity contribution is 5.76. The molecule has 0 saturated heterocycles. The fourth-order valence-corrected chi connectivity index (χ4v) is 2.46. The second-order valence-electron chi connectivity index (χ2n) is 5.02. The Hall–Kier alpha value is -2.14. The van der Waals surface area contributed by atoms with E-state index in [9.17, 15) is 5.11 Å². The highest BCUT2D eigenvalue weighted by atomic mass is 16.5. The monoisotopic (exact) mass is 271 g/mol. The zero-order chi connectivity index (χ0) is 14.3. The van der Waals surface area contributed by atoms with Crippen LogP contribution >= 0.6 is 0 Å². The molecule has 104 valence electrons. The van der Waals surface area contributed by atoms with Crippen LogP contribution in [0, 0.1) is 13.8 Å². The first kappa shape index (κ1) is 12.9. The van der Waals surface area contributed by atoms with Gasteiger partial charge in [-0.15, -0.1) is 0 Å². The molecule has 5 heteroatoms. The van der Waals surface area contributed by atoms with Gasteiger partial charge in [-0.1, -0.05) is 17.3 Å². The molecular formula is C15H17N3O2. The molecule has 20 heavy (non-hydrogen) atoms. The van der Waals surface area contributed by atoms with Gasteiger partial charge in [0, 0.05) is 5.56 Å². The summed E-state index contributed by atoms with van der Waals surface area (Å²) in [6.45, 7) is 6.15. The van der Waals surface area contributed by atoms with Crippen molar-refractivity contribution in [2.75, 3.05) is 0 Å². The Morgan fingerprint density at radius 1 is 1.30 bits per heavy atom. The van der Waals surface area contributed by atoms with E-state index in [1.807, 2.05) is 42.7 Å². The van der Waals surface area contributed by atoms with Crippen LogP contribution in [0.3, 0.4) is 0 Å². The fraction of sp³-hybridized carbons (Fsp3) is 0.333. The number of hydrogen-bond acceptors (Lipinski definition) is 4. The molecule has 1 aromatic carbocycles. The lowest BCUT2D eigenvalue weighted by molar-refractivity contribution is 0.185. The minimum atomic E-state index is -0.622. The van der Waals surface area contributed by atoms with E-state index in [4.69, 9.17) is 4.52 Å². The van der Waals surface area contributed by atoms with Crippen molar-refractivity contribution in [2.24, 2.45) is 0 Å². The average Bonchev–Trinajstić information content (AvgIpc) is 2.94. The Morgan fingerprint density at radius 3 is 2.70 bits per heavy atom. The first-order valence-electron chi connectivity index (χ1n) is 6.63. The third-order valence-electron chi connectivity index (χ3n) is 3.56. The number of aromatic nitrogens is 3. The van der Waals surface area contributed by atoms with E-state index in [0.29, 0.717) is 12.4 Å². The normalized spacial score (nSPS) is 13.0. The van der Waals surface area contributed by atoms with Crippen molar-refractivity contribution in [3.05, 3.63) is 47.1 Å². The number of fused-ring (bicyclic) bond motifs is 1. The number of rotatable bonds is 3. The Kier molecular flexibility index (Phi) is 3.06.